The van der Waals surface area contributed by atoms with Gasteiger partial charge in [-0.1, -0.05) is 30.4 Å². The van der Waals surface area contributed by atoms with E-state index in [-0.39, 0.29) is 0 Å². The molecule has 0 N–H and O–H groups in total. The van der Waals surface area contributed by atoms with Gasteiger partial charge in [-0.15, -0.1) is 0 Å². The molecule has 0 rings (SSSR count). The third-order valence-electron chi connectivity index (χ3n) is 1.96. The molecule has 0 atom stereocenters. The highest BCUT2D eigenvalue weighted by atomic mass is 15.0. The van der Waals surface area contributed by atoms with Gasteiger partial charge in [0.25, 0.3) is 0 Å². The molecule has 0 heterocycles. The average Bonchev–Trinajstić information content (AvgIpc) is 2.10. The standard InChI is InChI=1S/C12H21N/c1-6-7-8-11(2)12(3)9-10-13(4)5/h6-8H,3,9-10H2,1-2,4-5H3/b7-6-,11-8+. The maximum Gasteiger partial charge on any atom is 0.00156 e. The first-order chi connectivity index (χ1) is 6.07. The molecule has 0 aliphatic rings. The molecule has 0 spiro atoms. The molecule has 0 radical (unpaired) electrons. The van der Waals surface area contributed by atoms with E-state index in [0.29, 0.717) is 0 Å². The Kier molecular flexibility index (Phi) is 6.25. The van der Waals surface area contributed by atoms with Gasteiger partial charge in [-0.3, -0.25) is 0 Å². The normalized spacial score (nSPS) is 12.8. The third-order valence-corrected chi connectivity index (χ3v) is 1.96. The van der Waals surface area contributed by atoms with Crippen LogP contribution in [0.25, 0.3) is 0 Å². The van der Waals surface area contributed by atoms with Crippen LogP contribution in [-0.2, 0) is 0 Å². The van der Waals surface area contributed by atoms with Crippen LogP contribution < -0.4 is 0 Å². The predicted molar refractivity (Wildman–Crippen MR) is 60.9 cm³/mol. The van der Waals surface area contributed by atoms with Crippen LogP contribution in [0.4, 0.5) is 0 Å². The highest BCUT2D eigenvalue weighted by Gasteiger charge is 1.96. The summed E-state index contributed by atoms with van der Waals surface area (Å²) in [6, 6.07) is 0. The Bertz CT molecular complexity index is 209. The van der Waals surface area contributed by atoms with Crippen LogP contribution in [0, 0.1) is 0 Å². The summed E-state index contributed by atoms with van der Waals surface area (Å²) in [6.45, 7) is 9.25. The molecule has 1 nitrogen and oxygen atoms in total. The molecule has 0 amide bonds. The van der Waals surface area contributed by atoms with Crippen LogP contribution in [-0.4, -0.2) is 25.5 Å². The van der Waals surface area contributed by atoms with Gasteiger partial charge in [0.05, 0.1) is 0 Å². The van der Waals surface area contributed by atoms with E-state index >= 15 is 0 Å². The maximum atomic E-state index is 4.05. The molecular weight excluding hydrogens is 158 g/mol. The Morgan fingerprint density at radius 1 is 1.38 bits per heavy atom. The lowest BCUT2D eigenvalue weighted by atomic mass is 10.1. The van der Waals surface area contributed by atoms with Crippen LogP contribution in [0.3, 0.4) is 0 Å². The summed E-state index contributed by atoms with van der Waals surface area (Å²) in [5.41, 5.74) is 2.51. The van der Waals surface area contributed by atoms with Gasteiger partial charge in [0.15, 0.2) is 0 Å². The van der Waals surface area contributed by atoms with Crippen molar-refractivity contribution in [3.63, 3.8) is 0 Å². The Hall–Kier alpha value is -0.820. The summed E-state index contributed by atoms with van der Waals surface area (Å²) in [5.74, 6) is 0. The fraction of sp³-hybridized carbons (Fsp3) is 0.500. The van der Waals surface area contributed by atoms with Crippen LogP contribution in [0.5, 0.6) is 0 Å². The quantitative estimate of drug-likeness (QED) is 0.586. The number of hydrogen-bond acceptors (Lipinski definition) is 1. The van der Waals surface area contributed by atoms with E-state index in [1.54, 1.807) is 0 Å². The molecule has 0 fully saturated rings. The molecule has 0 bridgehead atoms. The zero-order valence-electron chi connectivity index (χ0n) is 9.30. The van der Waals surface area contributed by atoms with Crippen molar-refractivity contribution in [3.8, 4) is 0 Å². The summed E-state index contributed by atoms with van der Waals surface area (Å²) in [6.07, 6.45) is 7.24. The molecule has 13 heavy (non-hydrogen) atoms. The van der Waals surface area contributed by atoms with Crippen molar-refractivity contribution in [1.29, 1.82) is 0 Å². The van der Waals surface area contributed by atoms with Crippen molar-refractivity contribution in [2.75, 3.05) is 20.6 Å². The van der Waals surface area contributed by atoms with Gasteiger partial charge >= 0.3 is 0 Å². The minimum atomic E-state index is 1.05. The van der Waals surface area contributed by atoms with E-state index in [1.807, 2.05) is 13.0 Å². The second-order valence-electron chi connectivity index (χ2n) is 3.53. The van der Waals surface area contributed by atoms with E-state index in [9.17, 15) is 0 Å². The molecule has 0 aliphatic carbocycles. The molecule has 0 aliphatic heterocycles. The third kappa shape index (κ3) is 6.35. The topological polar surface area (TPSA) is 3.24 Å². The van der Waals surface area contributed by atoms with E-state index in [0.717, 1.165) is 13.0 Å². The van der Waals surface area contributed by atoms with Gasteiger partial charge in [0.1, 0.15) is 0 Å². The second kappa shape index (κ2) is 6.67. The van der Waals surface area contributed by atoms with E-state index < -0.39 is 0 Å². The minimum absolute atomic E-state index is 1.05. The van der Waals surface area contributed by atoms with E-state index in [2.05, 4.69) is 44.6 Å². The zero-order chi connectivity index (χ0) is 10.3. The maximum absolute atomic E-state index is 4.05. The van der Waals surface area contributed by atoms with Crippen LogP contribution in [0.2, 0.25) is 0 Å². The summed E-state index contributed by atoms with van der Waals surface area (Å²) < 4.78 is 0. The van der Waals surface area contributed by atoms with E-state index in [4.69, 9.17) is 0 Å². The van der Waals surface area contributed by atoms with E-state index in [1.165, 1.54) is 11.1 Å². The molecule has 0 saturated carbocycles. The first-order valence-corrected chi connectivity index (χ1v) is 4.70. The second-order valence-corrected chi connectivity index (χ2v) is 3.53. The van der Waals surface area contributed by atoms with Crippen molar-refractivity contribution in [1.82, 2.24) is 4.90 Å². The van der Waals surface area contributed by atoms with Crippen molar-refractivity contribution in [2.24, 2.45) is 0 Å². The largest absolute Gasteiger partial charge is 0.309 e. The summed E-state index contributed by atoms with van der Waals surface area (Å²) >= 11 is 0. The molecule has 0 unspecified atom stereocenters. The lowest BCUT2D eigenvalue weighted by molar-refractivity contribution is 0.414. The Labute approximate surface area is 82.4 Å². The number of hydrogen-bond donors (Lipinski definition) is 0. The van der Waals surface area contributed by atoms with Gasteiger partial charge in [-0.2, -0.15) is 0 Å². The minimum Gasteiger partial charge on any atom is -0.309 e. The smallest absolute Gasteiger partial charge is 0.00156 e. The average molecular weight is 179 g/mol. The lowest BCUT2D eigenvalue weighted by Gasteiger charge is -2.11. The van der Waals surface area contributed by atoms with Crippen LogP contribution in [0.1, 0.15) is 20.3 Å². The summed E-state index contributed by atoms with van der Waals surface area (Å²) in [7, 11) is 4.16. The van der Waals surface area contributed by atoms with Crippen LogP contribution in [0.15, 0.2) is 36.0 Å². The van der Waals surface area contributed by atoms with Gasteiger partial charge < -0.3 is 4.90 Å². The number of nitrogens with zero attached hydrogens (tertiary/aromatic N) is 1. The van der Waals surface area contributed by atoms with Gasteiger partial charge in [0.2, 0.25) is 0 Å². The summed E-state index contributed by atoms with van der Waals surface area (Å²) in [4.78, 5) is 2.17. The SMILES string of the molecule is C=C(CCN(C)C)/C(C)=C/C=C\C. The van der Waals surface area contributed by atoms with Crippen molar-refractivity contribution in [3.05, 3.63) is 36.0 Å². The molecule has 1 heteroatoms. The highest BCUT2D eigenvalue weighted by molar-refractivity contribution is 5.29. The van der Waals surface area contributed by atoms with Crippen LogP contribution >= 0.6 is 0 Å². The van der Waals surface area contributed by atoms with Crippen molar-refractivity contribution >= 4 is 0 Å². The highest BCUT2D eigenvalue weighted by Crippen LogP contribution is 2.11. The fourth-order valence-corrected chi connectivity index (χ4v) is 0.914. The first-order valence-electron chi connectivity index (χ1n) is 4.70. The first kappa shape index (κ1) is 12.2. The Balaban J connectivity index is 3.96. The molecule has 74 valence electrons. The van der Waals surface area contributed by atoms with Crippen molar-refractivity contribution in [2.45, 2.75) is 20.3 Å². The molecular formula is C12H21N. The lowest BCUT2D eigenvalue weighted by Crippen LogP contribution is -2.13. The monoisotopic (exact) mass is 179 g/mol. The van der Waals surface area contributed by atoms with Crippen molar-refractivity contribution < 1.29 is 0 Å². The molecule has 0 saturated heterocycles. The molecule has 0 aromatic heterocycles. The van der Waals surface area contributed by atoms with Gasteiger partial charge in [-0.25, -0.2) is 0 Å². The van der Waals surface area contributed by atoms with Gasteiger partial charge in [-0.05, 0) is 39.9 Å². The fourth-order valence-electron chi connectivity index (χ4n) is 0.914. The predicted octanol–water partition coefficient (Wildman–Crippen LogP) is 3.02. The molecule has 0 aromatic carbocycles. The summed E-state index contributed by atoms with van der Waals surface area (Å²) in [5, 5.41) is 0. The number of rotatable bonds is 5. The Morgan fingerprint density at radius 3 is 2.46 bits per heavy atom. The Morgan fingerprint density at radius 2 is 2.00 bits per heavy atom. The zero-order valence-corrected chi connectivity index (χ0v) is 9.30. The molecule has 0 aromatic rings. The van der Waals surface area contributed by atoms with Gasteiger partial charge in [0, 0.05) is 6.54 Å². The number of allylic oxidation sites excluding steroid dienone is 4.